The van der Waals surface area contributed by atoms with Crippen LogP contribution in [0.1, 0.15) is 36.2 Å². The van der Waals surface area contributed by atoms with Crippen LogP contribution in [0.5, 0.6) is 0 Å². The van der Waals surface area contributed by atoms with Gasteiger partial charge in [0, 0.05) is 32.8 Å². The number of carbonyl (C=O) groups is 2. The van der Waals surface area contributed by atoms with Gasteiger partial charge in [-0.25, -0.2) is 4.68 Å². The molecule has 2 saturated heterocycles. The highest BCUT2D eigenvalue weighted by Gasteiger charge is 2.45. The Morgan fingerprint density at radius 3 is 2.48 bits per heavy atom. The lowest BCUT2D eigenvalue weighted by Gasteiger charge is -2.37. The molecule has 0 aliphatic carbocycles. The SMILES string of the molecule is C[Si](C)(C)CCOCn1nc(C(=O)N2[C@@H]3CC[C@H]2C[C@H](C(=O)O)C3)cc1Br. The second-order valence-electron chi connectivity index (χ2n) is 8.80. The number of fused-ring (bicyclic) bond motifs is 2. The van der Waals surface area contributed by atoms with Crippen molar-refractivity contribution in [2.24, 2.45) is 5.92 Å². The summed E-state index contributed by atoms with van der Waals surface area (Å²) >= 11 is 3.46. The summed E-state index contributed by atoms with van der Waals surface area (Å²) in [6, 6.07) is 2.83. The minimum Gasteiger partial charge on any atom is -0.481 e. The molecule has 27 heavy (non-hydrogen) atoms. The molecule has 0 aromatic carbocycles. The number of carboxylic acids is 1. The van der Waals surface area contributed by atoms with Gasteiger partial charge >= 0.3 is 5.97 Å². The average Bonchev–Trinajstić information content (AvgIpc) is 3.07. The summed E-state index contributed by atoms with van der Waals surface area (Å²) in [4.78, 5) is 26.2. The fourth-order valence-electron chi connectivity index (χ4n) is 3.96. The van der Waals surface area contributed by atoms with E-state index in [1.807, 2.05) is 4.90 Å². The van der Waals surface area contributed by atoms with E-state index in [0.717, 1.165) is 18.9 Å². The van der Waals surface area contributed by atoms with E-state index in [4.69, 9.17) is 4.74 Å². The lowest BCUT2D eigenvalue weighted by Crippen LogP contribution is -2.48. The molecule has 2 bridgehead atoms. The predicted molar refractivity (Wildman–Crippen MR) is 107 cm³/mol. The van der Waals surface area contributed by atoms with Gasteiger partial charge in [-0.05, 0) is 47.7 Å². The largest absolute Gasteiger partial charge is 0.481 e. The molecule has 3 atom stereocenters. The third-order valence-electron chi connectivity index (χ3n) is 5.48. The van der Waals surface area contributed by atoms with E-state index in [2.05, 4.69) is 40.7 Å². The summed E-state index contributed by atoms with van der Waals surface area (Å²) < 4.78 is 8.10. The molecule has 1 aromatic rings. The second kappa shape index (κ2) is 8.04. The van der Waals surface area contributed by atoms with E-state index in [0.29, 0.717) is 36.5 Å². The molecule has 150 valence electrons. The van der Waals surface area contributed by atoms with Gasteiger partial charge in [-0.1, -0.05) is 19.6 Å². The van der Waals surface area contributed by atoms with E-state index < -0.39 is 14.0 Å². The van der Waals surface area contributed by atoms with Crippen LogP contribution in [0.15, 0.2) is 10.7 Å². The third kappa shape index (κ3) is 4.81. The number of hydrogen-bond donors (Lipinski definition) is 1. The van der Waals surface area contributed by atoms with Crippen LogP contribution in [0.3, 0.4) is 0 Å². The first-order chi connectivity index (χ1) is 12.7. The van der Waals surface area contributed by atoms with Crippen molar-refractivity contribution in [2.75, 3.05) is 6.61 Å². The highest BCUT2D eigenvalue weighted by atomic mass is 79.9. The summed E-state index contributed by atoms with van der Waals surface area (Å²) in [5.74, 6) is -1.19. The van der Waals surface area contributed by atoms with Gasteiger partial charge in [0.1, 0.15) is 11.3 Å². The third-order valence-corrected chi connectivity index (χ3v) is 7.82. The second-order valence-corrected chi connectivity index (χ2v) is 15.2. The number of rotatable bonds is 7. The molecule has 1 amide bonds. The fourth-order valence-corrected chi connectivity index (χ4v) is 5.12. The molecule has 1 aromatic heterocycles. The minimum absolute atomic E-state index is 0.00858. The zero-order valence-corrected chi connectivity index (χ0v) is 18.7. The zero-order valence-electron chi connectivity index (χ0n) is 16.2. The molecule has 0 unspecified atom stereocenters. The molecule has 1 N–H and O–H groups in total. The molecule has 9 heteroatoms. The van der Waals surface area contributed by atoms with Gasteiger partial charge in [0.25, 0.3) is 5.91 Å². The molecular formula is C18H28BrN3O4Si. The summed E-state index contributed by atoms with van der Waals surface area (Å²) in [6.45, 7) is 7.92. The van der Waals surface area contributed by atoms with E-state index in [1.54, 1.807) is 10.7 Å². The number of piperidine rings is 1. The van der Waals surface area contributed by atoms with Gasteiger partial charge in [0.2, 0.25) is 0 Å². The summed E-state index contributed by atoms with van der Waals surface area (Å²) in [5, 5.41) is 13.7. The standard InChI is InChI=1S/C18H28BrN3O4Si/c1-27(2,3)7-6-26-11-21-16(19)10-15(20-21)17(23)22-13-4-5-14(22)9-12(8-13)18(24)25/h10,12-14H,4-9,11H2,1-3H3,(H,24,25)/t12-,13-,14+. The maximum atomic E-state index is 13.0. The van der Waals surface area contributed by atoms with E-state index in [9.17, 15) is 14.7 Å². The molecule has 7 nitrogen and oxygen atoms in total. The van der Waals surface area contributed by atoms with Crippen LogP contribution >= 0.6 is 15.9 Å². The number of carbonyl (C=O) groups excluding carboxylic acids is 1. The Kier molecular flexibility index (Phi) is 6.12. The maximum absolute atomic E-state index is 13.0. The Labute approximate surface area is 169 Å². The molecule has 2 aliphatic heterocycles. The Morgan fingerprint density at radius 2 is 1.93 bits per heavy atom. The maximum Gasteiger partial charge on any atom is 0.306 e. The number of carboxylic acid groups (broad SMARTS) is 1. The number of ether oxygens (including phenoxy) is 1. The molecule has 0 spiro atoms. The van der Waals surface area contributed by atoms with Crippen LogP contribution in [-0.4, -0.2) is 58.4 Å². The topological polar surface area (TPSA) is 84.7 Å². The average molecular weight is 458 g/mol. The van der Waals surface area contributed by atoms with Crippen LogP contribution in [0.25, 0.3) is 0 Å². The summed E-state index contributed by atoms with van der Waals surface area (Å²) in [6.07, 6.45) is 2.84. The number of hydrogen-bond acceptors (Lipinski definition) is 4. The molecule has 2 fully saturated rings. The van der Waals surface area contributed by atoms with Crippen molar-refractivity contribution in [1.29, 1.82) is 0 Å². The van der Waals surface area contributed by atoms with Crippen LogP contribution in [0.4, 0.5) is 0 Å². The first-order valence-electron chi connectivity index (χ1n) is 9.52. The smallest absolute Gasteiger partial charge is 0.306 e. The predicted octanol–water partition coefficient (Wildman–Crippen LogP) is 3.43. The van der Waals surface area contributed by atoms with E-state index in [-0.39, 0.29) is 23.9 Å². The molecule has 3 heterocycles. The van der Waals surface area contributed by atoms with Crippen LogP contribution < -0.4 is 0 Å². The normalized spacial score (nSPS) is 25.0. The van der Waals surface area contributed by atoms with Gasteiger partial charge in [-0.2, -0.15) is 5.10 Å². The quantitative estimate of drug-likeness (QED) is 0.500. The monoisotopic (exact) mass is 457 g/mol. The van der Waals surface area contributed by atoms with Crippen LogP contribution in [0.2, 0.25) is 25.7 Å². The van der Waals surface area contributed by atoms with Gasteiger partial charge in [-0.15, -0.1) is 0 Å². The fraction of sp³-hybridized carbons (Fsp3) is 0.722. The van der Waals surface area contributed by atoms with Crippen molar-refractivity contribution in [3.8, 4) is 0 Å². The number of aliphatic carboxylic acids is 1. The van der Waals surface area contributed by atoms with Crippen molar-refractivity contribution in [3.63, 3.8) is 0 Å². The molecule has 2 aliphatic rings. The first-order valence-corrected chi connectivity index (χ1v) is 14.0. The summed E-state index contributed by atoms with van der Waals surface area (Å²) in [5.41, 5.74) is 0.390. The Hall–Kier alpha value is -1.19. The Morgan fingerprint density at radius 1 is 1.30 bits per heavy atom. The van der Waals surface area contributed by atoms with Crippen molar-refractivity contribution < 1.29 is 19.4 Å². The number of amides is 1. The Bertz CT molecular complexity index is 704. The molecule has 0 radical (unpaired) electrons. The molecule has 3 rings (SSSR count). The van der Waals surface area contributed by atoms with Gasteiger partial charge in [-0.3, -0.25) is 9.59 Å². The summed E-state index contributed by atoms with van der Waals surface area (Å²) in [7, 11) is -1.14. The van der Waals surface area contributed by atoms with Crippen molar-refractivity contribution >= 4 is 35.9 Å². The van der Waals surface area contributed by atoms with Gasteiger partial charge < -0.3 is 14.7 Å². The lowest BCUT2D eigenvalue weighted by molar-refractivity contribution is -0.144. The highest BCUT2D eigenvalue weighted by Crippen LogP contribution is 2.39. The molecule has 0 saturated carbocycles. The molecular weight excluding hydrogens is 430 g/mol. The zero-order chi connectivity index (χ0) is 19.8. The van der Waals surface area contributed by atoms with E-state index in [1.165, 1.54) is 0 Å². The first kappa shape index (κ1) is 20.5. The number of nitrogens with zero attached hydrogens (tertiary/aromatic N) is 3. The highest BCUT2D eigenvalue weighted by molar-refractivity contribution is 9.10. The van der Waals surface area contributed by atoms with Crippen LogP contribution in [-0.2, 0) is 16.3 Å². The van der Waals surface area contributed by atoms with Crippen molar-refractivity contribution in [3.05, 3.63) is 16.4 Å². The Balaban J connectivity index is 1.62. The van der Waals surface area contributed by atoms with Gasteiger partial charge in [0.15, 0.2) is 5.69 Å². The van der Waals surface area contributed by atoms with Crippen LogP contribution in [0, 0.1) is 5.92 Å². The van der Waals surface area contributed by atoms with Gasteiger partial charge in [0.05, 0.1) is 5.92 Å². The van der Waals surface area contributed by atoms with Crippen molar-refractivity contribution in [2.45, 2.75) is 70.2 Å². The minimum atomic E-state index is -1.14. The van der Waals surface area contributed by atoms with Crippen molar-refractivity contribution in [1.82, 2.24) is 14.7 Å². The van der Waals surface area contributed by atoms with E-state index >= 15 is 0 Å². The lowest BCUT2D eigenvalue weighted by atomic mass is 9.90. The number of aromatic nitrogens is 2. The number of halogens is 1.